The molecule has 6 heteroatoms. The lowest BCUT2D eigenvalue weighted by Gasteiger charge is -2.30. The molecule has 0 spiro atoms. The summed E-state index contributed by atoms with van der Waals surface area (Å²) in [5.41, 5.74) is 7.15. The number of imide groups is 1. The highest BCUT2D eigenvalue weighted by atomic mass is 16.5. The van der Waals surface area contributed by atoms with Crippen molar-refractivity contribution in [2.24, 2.45) is 17.8 Å². The number of hydrogen-bond acceptors (Lipinski definition) is 5. The van der Waals surface area contributed by atoms with Crippen molar-refractivity contribution in [1.82, 2.24) is 9.88 Å². The summed E-state index contributed by atoms with van der Waals surface area (Å²) in [5, 5.41) is 10.2. The number of phenols is 1. The second-order valence-corrected chi connectivity index (χ2v) is 10.2. The highest BCUT2D eigenvalue weighted by Gasteiger charge is 2.55. The minimum atomic E-state index is -0.287. The molecule has 182 valence electrons. The highest BCUT2D eigenvalue weighted by molar-refractivity contribution is 6.05. The van der Waals surface area contributed by atoms with Crippen LogP contribution >= 0.6 is 0 Å². The summed E-state index contributed by atoms with van der Waals surface area (Å²) in [7, 11) is 1.60. The van der Waals surface area contributed by atoms with Crippen molar-refractivity contribution >= 4 is 23.5 Å². The maximum Gasteiger partial charge on any atom is 0.233 e. The number of nitrogens with zero attached hydrogens (tertiary/aromatic N) is 2. The van der Waals surface area contributed by atoms with Crippen LogP contribution in [0.3, 0.4) is 0 Å². The van der Waals surface area contributed by atoms with Crippen LogP contribution in [0.25, 0.3) is 11.6 Å². The molecule has 2 amide bonds. The number of likely N-dealkylation sites (tertiary alicyclic amines) is 1. The Labute approximate surface area is 206 Å². The maximum absolute atomic E-state index is 12.8. The normalized spacial score (nSPS) is 26.4. The number of rotatable bonds is 5. The number of benzene rings is 1. The predicted octanol–water partition coefficient (Wildman–Crippen LogP) is 4.69. The van der Waals surface area contributed by atoms with Crippen LogP contribution in [0.2, 0.25) is 0 Å². The average Bonchev–Trinajstić information content (AvgIpc) is 3.36. The molecule has 4 atom stereocenters. The molecule has 3 heterocycles. The number of aryl methyl sites for hydroxylation is 2. The van der Waals surface area contributed by atoms with E-state index in [0.29, 0.717) is 18.8 Å². The van der Waals surface area contributed by atoms with Crippen molar-refractivity contribution in [2.45, 2.75) is 46.1 Å². The number of ether oxygens (including phenoxy) is 1. The Hall–Kier alpha value is -3.25. The van der Waals surface area contributed by atoms with Gasteiger partial charge in [0.25, 0.3) is 0 Å². The van der Waals surface area contributed by atoms with Crippen LogP contribution in [0, 0.1) is 31.6 Å². The monoisotopic (exact) mass is 472 g/mol. The molecule has 1 N–H and O–H groups in total. The van der Waals surface area contributed by atoms with Crippen molar-refractivity contribution in [3.63, 3.8) is 0 Å². The number of aromatic hydroxyl groups is 1. The summed E-state index contributed by atoms with van der Waals surface area (Å²) in [6, 6.07) is 9.88. The van der Waals surface area contributed by atoms with E-state index in [-0.39, 0.29) is 35.7 Å². The number of carbonyl (C=O) groups is 2. The molecule has 2 aromatic rings. The van der Waals surface area contributed by atoms with Gasteiger partial charge in [-0.05, 0) is 98.2 Å². The zero-order valence-corrected chi connectivity index (χ0v) is 20.7. The van der Waals surface area contributed by atoms with E-state index < -0.39 is 0 Å². The Morgan fingerprint density at radius 2 is 1.89 bits per heavy atom. The molecule has 3 aliphatic rings. The number of pyridine rings is 1. The van der Waals surface area contributed by atoms with Crippen LogP contribution in [-0.4, -0.2) is 46.6 Å². The topological polar surface area (TPSA) is 79.7 Å². The zero-order valence-electron chi connectivity index (χ0n) is 20.7. The fourth-order valence-corrected chi connectivity index (χ4v) is 6.17. The third-order valence-corrected chi connectivity index (χ3v) is 7.90. The van der Waals surface area contributed by atoms with Crippen molar-refractivity contribution < 1.29 is 19.4 Å². The van der Waals surface area contributed by atoms with Gasteiger partial charge < -0.3 is 9.84 Å². The van der Waals surface area contributed by atoms with E-state index in [1.54, 1.807) is 13.2 Å². The van der Waals surface area contributed by atoms with Crippen LogP contribution in [0.1, 0.15) is 48.6 Å². The first kappa shape index (κ1) is 23.5. The van der Waals surface area contributed by atoms with Crippen LogP contribution < -0.4 is 0 Å². The third-order valence-electron chi connectivity index (χ3n) is 7.90. The van der Waals surface area contributed by atoms with Gasteiger partial charge in [0.2, 0.25) is 11.8 Å². The molecule has 6 nitrogen and oxygen atoms in total. The molecule has 0 bridgehead atoms. The van der Waals surface area contributed by atoms with Crippen molar-refractivity contribution in [1.29, 1.82) is 0 Å². The first-order valence-electron chi connectivity index (χ1n) is 12.3. The maximum atomic E-state index is 12.8. The highest BCUT2D eigenvalue weighted by Crippen LogP contribution is 2.49. The molecule has 5 rings (SSSR count). The Kier molecular flexibility index (Phi) is 6.09. The summed E-state index contributed by atoms with van der Waals surface area (Å²) in [6.45, 7) is 6.40. The van der Waals surface area contributed by atoms with E-state index in [4.69, 9.17) is 4.74 Å². The van der Waals surface area contributed by atoms with Crippen LogP contribution in [0.5, 0.6) is 5.75 Å². The molecule has 1 aromatic carbocycles. The first-order chi connectivity index (χ1) is 16.8. The van der Waals surface area contributed by atoms with E-state index in [2.05, 4.69) is 18.0 Å². The van der Waals surface area contributed by atoms with Crippen LogP contribution in [0.15, 0.2) is 47.7 Å². The van der Waals surface area contributed by atoms with E-state index in [1.165, 1.54) is 16.0 Å². The van der Waals surface area contributed by atoms with Crippen molar-refractivity contribution in [2.75, 3.05) is 13.7 Å². The Morgan fingerprint density at radius 3 is 2.57 bits per heavy atom. The lowest BCUT2D eigenvalue weighted by atomic mass is 9.70. The second-order valence-electron chi connectivity index (χ2n) is 10.2. The SMILES string of the molecule is CC1=C2[C@@H](CC/C(=C/c3cc(C)c(O)c(C)c3)c3ccccn3)OC[C@@H]2[C@@H]2C(=O)N(C)C(=O)[C@@H]2C1. The standard InChI is InChI=1S/C29H32N2O4/c1-16-13-21-26(29(34)31(4)28(21)33)22-15-35-24(25(16)22)9-8-20(23-7-5-6-10-30-23)14-19-11-17(2)27(32)18(3)12-19/h5-7,10-12,14,21-22,24,26,32H,8-9,13,15H2,1-4H3/b20-14-/t21-,22+,24-,26-/m1/s1. The second kappa shape index (κ2) is 9.08. The summed E-state index contributed by atoms with van der Waals surface area (Å²) in [5.74, 6) is -0.327. The van der Waals surface area contributed by atoms with E-state index in [0.717, 1.165) is 40.8 Å². The fraction of sp³-hybridized carbons (Fsp3) is 0.414. The van der Waals surface area contributed by atoms with Gasteiger partial charge in [0, 0.05) is 19.2 Å². The number of fused-ring (bicyclic) bond motifs is 3. The van der Waals surface area contributed by atoms with Gasteiger partial charge in [0.05, 0.1) is 30.2 Å². The molecule has 1 aromatic heterocycles. The van der Waals surface area contributed by atoms with E-state index >= 15 is 0 Å². The quantitative estimate of drug-likeness (QED) is 0.504. The van der Waals surface area contributed by atoms with Gasteiger partial charge in [-0.2, -0.15) is 0 Å². The number of phenolic OH excluding ortho intramolecular Hbond substituents is 1. The number of aromatic nitrogens is 1. The molecule has 0 saturated carbocycles. The van der Waals surface area contributed by atoms with Gasteiger partial charge >= 0.3 is 0 Å². The van der Waals surface area contributed by atoms with Crippen LogP contribution in [0.4, 0.5) is 0 Å². The summed E-state index contributed by atoms with van der Waals surface area (Å²) in [4.78, 5) is 31.3. The Morgan fingerprint density at radius 1 is 1.14 bits per heavy atom. The van der Waals surface area contributed by atoms with Gasteiger partial charge in [-0.1, -0.05) is 11.6 Å². The fourth-order valence-electron chi connectivity index (χ4n) is 6.17. The minimum Gasteiger partial charge on any atom is -0.507 e. The number of amides is 2. The summed E-state index contributed by atoms with van der Waals surface area (Å²) in [6.07, 6.45) is 6.04. The third kappa shape index (κ3) is 4.10. The number of hydrogen-bond donors (Lipinski definition) is 1. The molecular formula is C29H32N2O4. The Bertz CT molecular complexity index is 1220. The lowest BCUT2D eigenvalue weighted by Crippen LogP contribution is -2.33. The van der Waals surface area contributed by atoms with Gasteiger partial charge in [-0.15, -0.1) is 0 Å². The summed E-state index contributed by atoms with van der Waals surface area (Å²) >= 11 is 0. The van der Waals surface area contributed by atoms with E-state index in [1.807, 2.05) is 44.2 Å². The number of allylic oxidation sites excluding steroid dienone is 2. The van der Waals surface area contributed by atoms with Crippen LogP contribution in [-0.2, 0) is 14.3 Å². The molecular weight excluding hydrogens is 440 g/mol. The zero-order chi connectivity index (χ0) is 24.9. The van der Waals surface area contributed by atoms with Gasteiger partial charge in [-0.25, -0.2) is 0 Å². The summed E-state index contributed by atoms with van der Waals surface area (Å²) < 4.78 is 6.27. The molecule has 0 radical (unpaired) electrons. The molecule has 35 heavy (non-hydrogen) atoms. The van der Waals surface area contributed by atoms with E-state index in [9.17, 15) is 14.7 Å². The van der Waals surface area contributed by atoms with Gasteiger partial charge in [0.1, 0.15) is 5.75 Å². The van der Waals surface area contributed by atoms with Gasteiger partial charge in [-0.3, -0.25) is 19.5 Å². The lowest BCUT2D eigenvalue weighted by molar-refractivity contribution is -0.138. The Balaban J connectivity index is 1.41. The van der Waals surface area contributed by atoms with Crippen molar-refractivity contribution in [3.05, 3.63) is 70.1 Å². The predicted molar refractivity (Wildman–Crippen MR) is 134 cm³/mol. The minimum absolute atomic E-state index is 0.00942. The molecule has 2 fully saturated rings. The molecule has 0 unspecified atom stereocenters. The first-order valence-corrected chi connectivity index (χ1v) is 12.3. The molecule has 2 aliphatic heterocycles. The molecule has 1 aliphatic carbocycles. The van der Waals surface area contributed by atoms with Crippen molar-refractivity contribution in [3.8, 4) is 5.75 Å². The van der Waals surface area contributed by atoms with Gasteiger partial charge in [0.15, 0.2) is 0 Å². The number of carbonyl (C=O) groups excluding carboxylic acids is 2. The average molecular weight is 473 g/mol. The largest absolute Gasteiger partial charge is 0.507 e. The smallest absolute Gasteiger partial charge is 0.233 e. The molecule has 2 saturated heterocycles.